The lowest BCUT2D eigenvalue weighted by Crippen LogP contribution is -2.54. The maximum absolute atomic E-state index is 13.5. The van der Waals surface area contributed by atoms with Gasteiger partial charge in [-0.2, -0.15) is 5.26 Å². The molecule has 1 aromatic carbocycles. The maximum atomic E-state index is 13.5. The lowest BCUT2D eigenvalue weighted by atomic mass is 9.98. The largest absolute Gasteiger partial charge is 0.465 e. The predicted molar refractivity (Wildman–Crippen MR) is 391 cm³/mol. The standard InChI is InChI=1S/C25H30FN3O4.C19H26BrN3O4.C15H20BrN3O2.C14H17BrN4/c1-16-15-28(11-12-29(16)22(30)10-13-32-2)24-21(25(31)33-3)14-20(23(27-24)18-4-5-18)17-6-8-19(26)9-7-17;1-12-11-22(7-8-23(12)16(24)6-9-26-2)18-14(19(25)27-3)10-15(20)17(21-18)13-4-5-13;1-9-8-19(6-5-17-9)14-11(15(20)21-2)7-12(16)13(18-14)10-3-4-10;1-9-8-19(5-4-17-9)14-11(7-16)6-12(15)13(18-14)10-2-3-10/h6-9,14,16,18H,4-5,10-13,15H2,1-3H3;10,12-13H,4-9,11H2,1-3H3;7,9-10,17H,3-6,8H2,1-2H3;6,9-10,17H,2-5,8H2,1H3/t16-;12-;2*9-/m1111/s1. The molecule has 8 aliphatic rings. The molecule has 4 aliphatic heterocycles. The van der Waals surface area contributed by atoms with Gasteiger partial charge in [-0.05, 0) is 169 Å². The molecule has 4 atom stereocenters. The predicted octanol–water partition coefficient (Wildman–Crippen LogP) is 10.9. The molecule has 8 fully saturated rings. The molecule has 538 valence electrons. The number of nitriles is 1. The summed E-state index contributed by atoms with van der Waals surface area (Å²) in [6, 6.07) is 16.8. The highest BCUT2D eigenvalue weighted by atomic mass is 79.9. The second-order valence-electron chi connectivity index (χ2n) is 27.0. The molecule has 0 unspecified atom stereocenters. The van der Waals surface area contributed by atoms with Crippen molar-refractivity contribution in [1.82, 2.24) is 40.4 Å². The van der Waals surface area contributed by atoms with Crippen molar-refractivity contribution in [2.75, 3.05) is 147 Å². The molecule has 0 radical (unpaired) electrons. The summed E-state index contributed by atoms with van der Waals surface area (Å²) < 4.78 is 41.3. The van der Waals surface area contributed by atoms with Gasteiger partial charge >= 0.3 is 17.9 Å². The molecule has 0 bridgehead atoms. The Kier molecular flexibility index (Phi) is 26.4. The smallest absolute Gasteiger partial charge is 0.341 e. The first-order valence-corrected chi connectivity index (χ1v) is 37.2. The molecular weight excluding hydrogens is 1480 g/mol. The van der Waals surface area contributed by atoms with E-state index in [2.05, 4.69) is 97.9 Å². The number of nitrogens with zero attached hydrogens (tertiary/aromatic N) is 11. The second-order valence-corrected chi connectivity index (χ2v) is 29.6. The van der Waals surface area contributed by atoms with Crippen LogP contribution in [0.4, 0.5) is 27.7 Å². The number of pyridine rings is 4. The van der Waals surface area contributed by atoms with Crippen molar-refractivity contribution in [2.24, 2.45) is 0 Å². The summed E-state index contributed by atoms with van der Waals surface area (Å²) in [5.74, 6) is 3.43. The van der Waals surface area contributed by atoms with Gasteiger partial charge in [0.2, 0.25) is 11.8 Å². The lowest BCUT2D eigenvalue weighted by Gasteiger charge is -2.41. The van der Waals surface area contributed by atoms with Crippen molar-refractivity contribution in [2.45, 2.75) is 140 Å². The van der Waals surface area contributed by atoms with Crippen LogP contribution in [0, 0.1) is 17.1 Å². The highest BCUT2D eigenvalue weighted by Crippen LogP contribution is 2.48. The molecule has 4 saturated carbocycles. The molecule has 13 rings (SSSR count). The fourth-order valence-electron chi connectivity index (χ4n) is 13.2. The number of benzene rings is 1. The van der Waals surface area contributed by atoms with Gasteiger partial charge in [-0.15, -0.1) is 0 Å². The summed E-state index contributed by atoms with van der Waals surface area (Å²) in [6.45, 7) is 18.1. The molecule has 4 aliphatic carbocycles. The molecular formula is C73H93Br3FN13O10. The van der Waals surface area contributed by atoms with Crippen LogP contribution in [0.5, 0.6) is 0 Å². The summed E-state index contributed by atoms with van der Waals surface area (Å²) in [5.41, 5.74) is 7.84. The van der Waals surface area contributed by atoms with Crippen LogP contribution in [0.15, 0.2) is 61.9 Å². The molecule has 23 nitrogen and oxygen atoms in total. The monoisotopic (exact) mass is 1570 g/mol. The number of carbonyl (C=O) groups is 5. The van der Waals surface area contributed by atoms with Crippen LogP contribution < -0.4 is 30.2 Å². The Balaban J connectivity index is 0.000000147. The van der Waals surface area contributed by atoms with Gasteiger partial charge in [-0.25, -0.2) is 38.7 Å². The Bertz CT molecular complexity index is 3800. The second kappa shape index (κ2) is 34.8. The SMILES string of the molecule is COC(=O)c1cc(Br)c(C2CC2)nc1N1CCN[C@H](C)C1.COCCC(=O)N1CCN(c2nc(C3CC3)c(-c3ccc(F)cc3)cc2C(=O)OC)C[C@H]1C.COCCC(=O)N1CCN(c2nc(C3CC3)c(Br)cc2C(=O)OC)C[C@H]1C.C[C@@H]1CN(c2nc(C3CC3)c(Br)cc2C#N)CCN1. The Morgan fingerprint density at radius 2 is 0.860 bits per heavy atom. The van der Waals surface area contributed by atoms with Crippen LogP contribution in [0.1, 0.15) is 175 Å². The van der Waals surface area contributed by atoms with E-state index in [1.54, 1.807) is 26.4 Å². The minimum absolute atomic E-state index is 0.0309. The van der Waals surface area contributed by atoms with Crippen LogP contribution in [-0.2, 0) is 33.3 Å². The number of amides is 2. The van der Waals surface area contributed by atoms with Gasteiger partial charge in [0.25, 0.3) is 0 Å². The van der Waals surface area contributed by atoms with E-state index in [0.29, 0.717) is 135 Å². The van der Waals surface area contributed by atoms with E-state index in [4.69, 9.17) is 43.6 Å². The summed E-state index contributed by atoms with van der Waals surface area (Å²) in [6.07, 6.45) is 9.86. The van der Waals surface area contributed by atoms with Crippen LogP contribution >= 0.6 is 47.8 Å². The molecule has 4 aromatic heterocycles. The van der Waals surface area contributed by atoms with Gasteiger partial charge in [0.05, 0.1) is 75.7 Å². The topological polar surface area (TPSA) is 250 Å². The van der Waals surface area contributed by atoms with Gasteiger partial charge in [-0.1, -0.05) is 12.1 Å². The quantitative estimate of drug-likeness (QED) is 0.0611. The Morgan fingerprint density at radius 1 is 0.500 bits per heavy atom. The maximum Gasteiger partial charge on any atom is 0.341 e. The van der Waals surface area contributed by atoms with E-state index < -0.39 is 11.9 Å². The highest BCUT2D eigenvalue weighted by Gasteiger charge is 2.38. The number of ether oxygens (including phenoxy) is 5. The number of hydrogen-bond acceptors (Lipinski definition) is 21. The van der Waals surface area contributed by atoms with E-state index >= 15 is 0 Å². The van der Waals surface area contributed by atoms with Crippen LogP contribution in [0.3, 0.4) is 0 Å². The third-order valence-electron chi connectivity index (χ3n) is 19.2. The number of carbonyl (C=O) groups excluding carboxylic acids is 5. The van der Waals surface area contributed by atoms with E-state index in [1.165, 1.54) is 59.1 Å². The summed E-state index contributed by atoms with van der Waals surface area (Å²) in [4.78, 5) is 93.8. The molecule has 27 heteroatoms. The third-order valence-corrected chi connectivity index (χ3v) is 21.1. The number of halogens is 4. The summed E-state index contributed by atoms with van der Waals surface area (Å²) in [7, 11) is 7.33. The van der Waals surface area contributed by atoms with Crippen molar-refractivity contribution >= 4 is 101 Å². The molecule has 2 amide bonds. The zero-order valence-electron chi connectivity index (χ0n) is 58.7. The van der Waals surface area contributed by atoms with E-state index in [-0.39, 0.29) is 35.7 Å². The number of piperazine rings is 4. The first kappa shape index (κ1) is 75.7. The first-order chi connectivity index (χ1) is 48.2. The average Bonchev–Trinajstić information content (AvgIpc) is 1.61. The number of anilines is 4. The zero-order chi connectivity index (χ0) is 71.5. The van der Waals surface area contributed by atoms with Gasteiger partial charge in [0.1, 0.15) is 51.8 Å². The molecule has 8 heterocycles. The van der Waals surface area contributed by atoms with E-state index in [1.807, 2.05) is 47.9 Å². The lowest BCUT2D eigenvalue weighted by molar-refractivity contribution is -0.135. The summed E-state index contributed by atoms with van der Waals surface area (Å²) >= 11 is 10.7. The van der Waals surface area contributed by atoms with Crippen LogP contribution in [-0.4, -0.2) is 211 Å². The van der Waals surface area contributed by atoms with Gasteiger partial charge in [0, 0.05) is 160 Å². The van der Waals surface area contributed by atoms with Gasteiger partial charge in [-0.3, -0.25) is 9.59 Å². The highest BCUT2D eigenvalue weighted by molar-refractivity contribution is 9.11. The van der Waals surface area contributed by atoms with Crippen molar-refractivity contribution < 1.29 is 52.0 Å². The van der Waals surface area contributed by atoms with Crippen molar-refractivity contribution in [3.63, 3.8) is 0 Å². The Labute approximate surface area is 611 Å². The number of aromatic nitrogens is 4. The fourth-order valence-corrected chi connectivity index (χ4v) is 15.2. The fraction of sp³-hybridized carbons (Fsp3) is 0.562. The molecule has 4 saturated heterocycles. The number of esters is 3. The van der Waals surface area contributed by atoms with Crippen LogP contribution in [0.2, 0.25) is 0 Å². The number of methoxy groups -OCH3 is 5. The first-order valence-electron chi connectivity index (χ1n) is 34.8. The van der Waals surface area contributed by atoms with E-state index in [9.17, 15) is 33.6 Å². The Hall–Kier alpha value is -6.93. The van der Waals surface area contributed by atoms with Crippen molar-refractivity contribution in [3.05, 3.63) is 113 Å². The number of nitrogens with one attached hydrogen (secondary N) is 2. The minimum Gasteiger partial charge on any atom is -0.465 e. The minimum atomic E-state index is -0.463. The van der Waals surface area contributed by atoms with Crippen molar-refractivity contribution in [3.8, 4) is 17.2 Å². The van der Waals surface area contributed by atoms with E-state index in [0.717, 1.165) is 124 Å². The normalized spacial score (nSPS) is 20.5. The molecule has 5 aromatic rings. The van der Waals surface area contributed by atoms with Crippen LogP contribution in [0.25, 0.3) is 11.1 Å². The zero-order valence-corrected chi connectivity index (χ0v) is 63.5. The van der Waals surface area contributed by atoms with Gasteiger partial charge in [0.15, 0.2) is 0 Å². The Morgan fingerprint density at radius 3 is 1.23 bits per heavy atom. The van der Waals surface area contributed by atoms with Gasteiger partial charge < -0.3 is 63.7 Å². The number of hydrogen-bond donors (Lipinski definition) is 2. The average molecular weight is 1570 g/mol. The summed E-state index contributed by atoms with van der Waals surface area (Å²) in [5, 5.41) is 16.2. The third kappa shape index (κ3) is 19.0. The molecule has 0 spiro atoms. The molecule has 2 N–H and O–H groups in total. The van der Waals surface area contributed by atoms with Crippen molar-refractivity contribution in [1.29, 1.82) is 5.26 Å². The number of rotatable bonds is 18. The molecule has 100 heavy (non-hydrogen) atoms.